The fourth-order valence-electron chi connectivity index (χ4n) is 3.69. The van der Waals surface area contributed by atoms with E-state index >= 15 is 0 Å². The smallest absolute Gasteiger partial charge is 0.174 e. The maximum Gasteiger partial charge on any atom is 0.174 e. The van der Waals surface area contributed by atoms with Gasteiger partial charge in [-0.3, -0.25) is 4.90 Å². The Morgan fingerprint density at radius 1 is 1.09 bits per heavy atom. The van der Waals surface area contributed by atoms with Crippen molar-refractivity contribution in [1.29, 1.82) is 0 Å². The van der Waals surface area contributed by atoms with Crippen LogP contribution in [0.3, 0.4) is 0 Å². The van der Waals surface area contributed by atoms with Gasteiger partial charge in [-0.15, -0.1) is 16.4 Å². The molecule has 0 fully saturated rings. The topological polar surface area (TPSA) is 69.2 Å². The van der Waals surface area contributed by atoms with Crippen molar-refractivity contribution < 1.29 is 9.15 Å². The van der Waals surface area contributed by atoms with Gasteiger partial charge in [0.2, 0.25) is 0 Å². The maximum atomic E-state index is 5.72. The zero-order valence-electron chi connectivity index (χ0n) is 18.9. The van der Waals surface area contributed by atoms with Crippen molar-refractivity contribution in [3.8, 4) is 5.75 Å². The van der Waals surface area contributed by atoms with Crippen molar-refractivity contribution in [2.75, 3.05) is 6.61 Å². The normalized spacial score (nSPS) is 12.9. The standard InChI is InChI=1S/C24H29N5O2S/c1-5-30-19-12-10-18(11-13-19)16-28(17-20-8-6-14-31-20)22(21-9-7-15-32-21)23-25-26-27-29(23)24(2,3)4/h6-15,22H,5,16-17H2,1-4H3/t22-/m1/s1. The van der Waals surface area contributed by atoms with Gasteiger partial charge in [0, 0.05) is 11.4 Å². The van der Waals surface area contributed by atoms with Crippen molar-refractivity contribution in [3.63, 3.8) is 0 Å². The van der Waals surface area contributed by atoms with Crippen molar-refractivity contribution >= 4 is 11.3 Å². The summed E-state index contributed by atoms with van der Waals surface area (Å²) in [6, 6.07) is 16.3. The number of aromatic nitrogens is 4. The van der Waals surface area contributed by atoms with Crippen LogP contribution in [0.25, 0.3) is 0 Å². The van der Waals surface area contributed by atoms with Gasteiger partial charge < -0.3 is 9.15 Å². The number of rotatable bonds is 9. The lowest BCUT2D eigenvalue weighted by molar-refractivity contribution is 0.174. The average molecular weight is 452 g/mol. The van der Waals surface area contributed by atoms with E-state index in [9.17, 15) is 0 Å². The van der Waals surface area contributed by atoms with E-state index in [1.165, 1.54) is 10.4 Å². The third-order valence-corrected chi connectivity index (χ3v) is 6.04. The molecule has 1 aromatic carbocycles. The molecular formula is C24H29N5O2S. The highest BCUT2D eigenvalue weighted by Crippen LogP contribution is 2.34. The van der Waals surface area contributed by atoms with Crippen LogP contribution in [0.2, 0.25) is 0 Å². The van der Waals surface area contributed by atoms with Gasteiger partial charge in [0.05, 0.1) is 25.0 Å². The number of hydrogen-bond acceptors (Lipinski definition) is 7. The first-order valence-corrected chi connectivity index (χ1v) is 11.6. The number of nitrogens with zero attached hydrogens (tertiary/aromatic N) is 5. The highest BCUT2D eigenvalue weighted by Gasteiger charge is 2.32. The Morgan fingerprint density at radius 3 is 2.53 bits per heavy atom. The minimum atomic E-state index is -0.246. The number of tetrazole rings is 1. The number of ether oxygens (including phenoxy) is 1. The largest absolute Gasteiger partial charge is 0.494 e. The van der Waals surface area contributed by atoms with Gasteiger partial charge in [0.15, 0.2) is 5.82 Å². The van der Waals surface area contributed by atoms with E-state index in [4.69, 9.17) is 9.15 Å². The summed E-state index contributed by atoms with van der Waals surface area (Å²) >= 11 is 1.71. The van der Waals surface area contributed by atoms with Crippen LogP contribution < -0.4 is 4.74 Å². The van der Waals surface area contributed by atoms with Crippen molar-refractivity contribution in [3.05, 3.63) is 82.2 Å². The first kappa shape index (κ1) is 22.2. The summed E-state index contributed by atoms with van der Waals surface area (Å²) in [5.41, 5.74) is 0.931. The third kappa shape index (κ3) is 5.08. The Balaban J connectivity index is 1.74. The summed E-state index contributed by atoms with van der Waals surface area (Å²) in [4.78, 5) is 3.54. The van der Waals surface area contributed by atoms with Crippen LogP contribution in [0, 0.1) is 0 Å². The molecule has 0 saturated heterocycles. The summed E-state index contributed by atoms with van der Waals surface area (Å²) < 4.78 is 13.3. The van der Waals surface area contributed by atoms with Crippen molar-refractivity contribution in [2.45, 2.75) is 52.4 Å². The average Bonchev–Trinajstić information content (AvgIpc) is 3.53. The SMILES string of the molecule is CCOc1ccc(CN(Cc2ccco2)[C@H](c2cccs2)c2nnnn2C(C)(C)C)cc1. The molecule has 1 atom stereocenters. The van der Waals surface area contributed by atoms with E-state index in [0.29, 0.717) is 19.7 Å². The minimum Gasteiger partial charge on any atom is -0.494 e. The molecule has 3 aromatic heterocycles. The predicted octanol–water partition coefficient (Wildman–Crippen LogP) is 5.27. The highest BCUT2D eigenvalue weighted by atomic mass is 32.1. The molecule has 7 nitrogen and oxygen atoms in total. The minimum absolute atomic E-state index is 0.124. The Bertz CT molecular complexity index is 1080. The van der Waals surface area contributed by atoms with E-state index in [1.807, 2.05) is 35.9 Å². The van der Waals surface area contributed by atoms with Crippen molar-refractivity contribution in [2.24, 2.45) is 0 Å². The van der Waals surface area contributed by atoms with Gasteiger partial charge in [-0.25, -0.2) is 4.68 Å². The zero-order chi connectivity index (χ0) is 22.6. The first-order valence-electron chi connectivity index (χ1n) is 10.8. The lowest BCUT2D eigenvalue weighted by Crippen LogP contribution is -2.34. The highest BCUT2D eigenvalue weighted by molar-refractivity contribution is 7.10. The molecule has 4 rings (SSSR count). The van der Waals surface area contributed by atoms with E-state index in [2.05, 4.69) is 70.8 Å². The lowest BCUT2D eigenvalue weighted by atomic mass is 10.1. The first-order chi connectivity index (χ1) is 15.5. The van der Waals surface area contributed by atoms with Crippen LogP contribution >= 0.6 is 11.3 Å². The van der Waals surface area contributed by atoms with Crippen LogP contribution in [0.1, 0.15) is 55.8 Å². The monoisotopic (exact) mass is 451 g/mol. The number of thiophene rings is 1. The summed E-state index contributed by atoms with van der Waals surface area (Å²) in [5, 5.41) is 14.9. The number of hydrogen-bond donors (Lipinski definition) is 0. The number of furan rings is 1. The van der Waals surface area contributed by atoms with Crippen molar-refractivity contribution in [1.82, 2.24) is 25.1 Å². The molecule has 0 aliphatic carbocycles. The van der Waals surface area contributed by atoms with E-state index in [1.54, 1.807) is 17.6 Å². The van der Waals surface area contributed by atoms with Gasteiger partial charge in [0.25, 0.3) is 0 Å². The molecule has 0 aliphatic heterocycles. The quantitative estimate of drug-likeness (QED) is 0.345. The molecule has 0 saturated carbocycles. The molecule has 0 spiro atoms. The maximum absolute atomic E-state index is 5.72. The second-order valence-electron chi connectivity index (χ2n) is 8.60. The van der Waals surface area contributed by atoms with E-state index < -0.39 is 0 Å². The molecule has 3 heterocycles. The van der Waals surface area contributed by atoms with Gasteiger partial charge in [0.1, 0.15) is 17.6 Å². The molecule has 0 unspecified atom stereocenters. The molecule has 32 heavy (non-hydrogen) atoms. The lowest BCUT2D eigenvalue weighted by Gasteiger charge is -2.32. The van der Waals surface area contributed by atoms with Crippen LogP contribution in [-0.2, 0) is 18.6 Å². The van der Waals surface area contributed by atoms with E-state index in [-0.39, 0.29) is 11.6 Å². The number of benzene rings is 1. The van der Waals surface area contributed by atoms with Crippen LogP contribution in [0.15, 0.2) is 64.6 Å². The van der Waals surface area contributed by atoms with Gasteiger partial charge >= 0.3 is 0 Å². The van der Waals surface area contributed by atoms with Crippen LogP contribution in [-0.4, -0.2) is 31.7 Å². The Labute approximate surface area is 192 Å². The third-order valence-electron chi connectivity index (χ3n) is 5.11. The second kappa shape index (κ2) is 9.67. The zero-order valence-corrected chi connectivity index (χ0v) is 19.7. The fraction of sp³-hybridized carbons (Fsp3) is 0.375. The molecule has 4 aromatic rings. The van der Waals surface area contributed by atoms with Gasteiger partial charge in [-0.05, 0) is 79.4 Å². The molecule has 168 valence electrons. The molecule has 0 N–H and O–H groups in total. The van der Waals surface area contributed by atoms with Gasteiger partial charge in [-0.1, -0.05) is 18.2 Å². The van der Waals surface area contributed by atoms with Crippen LogP contribution in [0.4, 0.5) is 0 Å². The Kier molecular flexibility index (Phi) is 6.72. The Hall–Kier alpha value is -2.97. The molecule has 0 amide bonds. The second-order valence-corrected chi connectivity index (χ2v) is 9.58. The molecule has 8 heteroatoms. The predicted molar refractivity (Wildman–Crippen MR) is 125 cm³/mol. The Morgan fingerprint density at radius 2 is 1.91 bits per heavy atom. The fourth-order valence-corrected chi connectivity index (χ4v) is 4.55. The molecule has 0 bridgehead atoms. The summed E-state index contributed by atoms with van der Waals surface area (Å²) in [7, 11) is 0. The summed E-state index contributed by atoms with van der Waals surface area (Å²) in [6.07, 6.45) is 1.71. The molecular weight excluding hydrogens is 422 g/mol. The molecule has 0 radical (unpaired) electrons. The van der Waals surface area contributed by atoms with Gasteiger partial charge in [-0.2, -0.15) is 0 Å². The van der Waals surface area contributed by atoms with E-state index in [0.717, 1.165) is 17.3 Å². The summed E-state index contributed by atoms with van der Waals surface area (Å²) in [5.74, 6) is 2.59. The van der Waals surface area contributed by atoms with Crippen LogP contribution in [0.5, 0.6) is 5.75 Å². The molecule has 0 aliphatic rings. The summed E-state index contributed by atoms with van der Waals surface area (Å²) in [6.45, 7) is 10.3.